The molecule has 0 bridgehead atoms. The average molecular weight is 1040 g/mol. The Morgan fingerprint density at radius 1 is 0.467 bits per heavy atom. The van der Waals surface area contributed by atoms with Crippen LogP contribution in [0.25, 0.3) is 0 Å². The molecular weight excluding hydrogens is 961 g/mol. The smallest absolute Gasteiger partial charge is 0.329 e. The number of carbonyl (C=O) groups is 8. The fourth-order valence-corrected chi connectivity index (χ4v) is 9.00. The van der Waals surface area contributed by atoms with Gasteiger partial charge in [0.05, 0.1) is 6.33 Å². The molecule has 8 atom stereocenters. The number of cyclic esters (lactones) is 4. The zero-order valence-corrected chi connectivity index (χ0v) is 46.6. The molecule has 1 fully saturated rings. The quantitative estimate of drug-likeness (QED) is 0.121. The van der Waals surface area contributed by atoms with E-state index >= 15 is 0 Å². The molecule has 1 aliphatic rings. The van der Waals surface area contributed by atoms with Crippen molar-refractivity contribution in [3.8, 4) is 0 Å². The van der Waals surface area contributed by atoms with Crippen LogP contribution in [-0.4, -0.2) is 153 Å². The zero-order valence-electron chi connectivity index (χ0n) is 46.6. The van der Waals surface area contributed by atoms with Crippen LogP contribution in [0.1, 0.15) is 118 Å². The van der Waals surface area contributed by atoms with Crippen molar-refractivity contribution in [2.75, 3.05) is 28.2 Å². The molecule has 0 saturated carbocycles. The summed E-state index contributed by atoms with van der Waals surface area (Å²) in [4.78, 5) is 125. The lowest BCUT2D eigenvalue weighted by Crippen LogP contribution is -2.54. The maximum absolute atomic E-state index is 14.9. The van der Waals surface area contributed by atoms with E-state index in [4.69, 9.17) is 18.9 Å². The number of likely N-dealkylation sites (N-methyl/N-ethyl adjacent to an activating group) is 4. The maximum Gasteiger partial charge on any atom is 0.329 e. The monoisotopic (exact) mass is 1040 g/mol. The molecule has 0 N–H and O–H groups in total. The van der Waals surface area contributed by atoms with Crippen molar-refractivity contribution in [1.29, 1.82) is 0 Å². The Balaban J connectivity index is 1.86. The van der Waals surface area contributed by atoms with Gasteiger partial charge in [0.15, 0.2) is 24.4 Å². The topological polar surface area (TPSA) is 204 Å². The molecule has 3 aromatic rings. The Morgan fingerprint density at radius 2 is 0.840 bits per heavy atom. The first kappa shape index (κ1) is 61.0. The summed E-state index contributed by atoms with van der Waals surface area (Å²) < 4.78 is 25.9. The third-order valence-corrected chi connectivity index (χ3v) is 13.4. The Bertz CT molecular complexity index is 2370. The number of ether oxygens (including phenoxy) is 4. The summed E-state index contributed by atoms with van der Waals surface area (Å²) in [5, 5.41) is 0. The van der Waals surface area contributed by atoms with Crippen molar-refractivity contribution in [3.63, 3.8) is 0 Å². The highest BCUT2D eigenvalue weighted by Crippen LogP contribution is 2.24. The number of imidazole rings is 1. The van der Waals surface area contributed by atoms with Crippen LogP contribution in [0.4, 0.5) is 0 Å². The third kappa shape index (κ3) is 17.8. The molecule has 4 rings (SSSR count). The number of carbonyl (C=O) groups excluding carboxylic acids is 8. The van der Waals surface area contributed by atoms with Crippen molar-refractivity contribution in [2.24, 2.45) is 23.7 Å². The number of amides is 4. The average Bonchev–Trinajstić information content (AvgIpc) is 3.87. The van der Waals surface area contributed by atoms with Gasteiger partial charge < -0.3 is 43.1 Å². The van der Waals surface area contributed by atoms with E-state index in [9.17, 15) is 38.4 Å². The van der Waals surface area contributed by atoms with Gasteiger partial charge in [0.2, 0.25) is 0 Å². The second-order valence-electron chi connectivity index (χ2n) is 21.7. The molecule has 18 heteroatoms. The van der Waals surface area contributed by atoms with E-state index in [1.807, 2.05) is 90.4 Å². The molecule has 412 valence electrons. The summed E-state index contributed by atoms with van der Waals surface area (Å²) >= 11 is 0. The van der Waals surface area contributed by atoms with Crippen molar-refractivity contribution < 1.29 is 57.3 Å². The van der Waals surface area contributed by atoms with Crippen LogP contribution in [0.3, 0.4) is 0 Å². The largest absolute Gasteiger partial charge is 0.451 e. The molecule has 0 radical (unpaired) electrons. The number of hydrogen-bond donors (Lipinski definition) is 0. The lowest BCUT2D eigenvalue weighted by Gasteiger charge is -2.35. The second kappa shape index (κ2) is 28.3. The Labute approximate surface area is 443 Å². The van der Waals surface area contributed by atoms with Crippen molar-refractivity contribution in [1.82, 2.24) is 29.2 Å². The van der Waals surface area contributed by atoms with Crippen molar-refractivity contribution in [2.45, 2.75) is 169 Å². The van der Waals surface area contributed by atoms with E-state index in [1.54, 1.807) is 42.9 Å². The van der Waals surface area contributed by atoms with Gasteiger partial charge in [0.25, 0.3) is 23.6 Å². The van der Waals surface area contributed by atoms with Gasteiger partial charge in [-0.25, -0.2) is 24.2 Å². The van der Waals surface area contributed by atoms with Crippen LogP contribution in [0.2, 0.25) is 0 Å². The van der Waals surface area contributed by atoms with E-state index in [2.05, 4.69) is 4.98 Å². The molecule has 18 nitrogen and oxygen atoms in total. The van der Waals surface area contributed by atoms with Crippen LogP contribution in [-0.2, 0) is 76.7 Å². The molecule has 0 aliphatic carbocycles. The summed E-state index contributed by atoms with van der Waals surface area (Å²) in [5.41, 5.74) is 2.22. The molecule has 1 saturated heterocycles. The van der Waals surface area contributed by atoms with Crippen LogP contribution in [0.15, 0.2) is 73.3 Å². The minimum absolute atomic E-state index is 0.0802. The third-order valence-electron chi connectivity index (χ3n) is 13.4. The lowest BCUT2D eigenvalue weighted by molar-refractivity contribution is -0.176. The minimum atomic E-state index is -1.51. The minimum Gasteiger partial charge on any atom is -0.451 e. The zero-order chi connectivity index (χ0) is 55.8. The van der Waals surface area contributed by atoms with Crippen molar-refractivity contribution in [3.05, 3.63) is 90.0 Å². The standard InChI is InChI=1S/C57H82N6O12/c1-35(2)20-25-44-54(68)74-49(32-42-21-23-43(24-22-42)33-63-27-26-58-34-63)53(67)62(14)46(29-37(5)6)56(70)73-40(10)51(65)60(12)47(30-38(7)8)57(71)75-48(31-41-18-16-15-17-19-41)52(66)61(13)45(28-36(3)4)55(69)72-39(9)50(64)59(44)11/h15-19,21-24,26-27,34-40,44-49H,20,25,28-33H2,1-14H3/t39-,40-,44+,45+,46+,47+,48-,49-/m1/s1. The van der Waals surface area contributed by atoms with E-state index < -0.39 is 96.1 Å². The first-order valence-electron chi connectivity index (χ1n) is 26.2. The molecule has 1 aromatic heterocycles. The van der Waals surface area contributed by atoms with Crippen LogP contribution in [0.5, 0.6) is 0 Å². The number of benzene rings is 2. The van der Waals surface area contributed by atoms with Gasteiger partial charge in [0.1, 0.15) is 24.2 Å². The van der Waals surface area contributed by atoms with Gasteiger partial charge in [-0.2, -0.15) is 0 Å². The molecule has 4 amide bonds. The number of rotatable bonds is 15. The summed E-state index contributed by atoms with van der Waals surface area (Å²) in [6.45, 7) is 18.3. The van der Waals surface area contributed by atoms with Gasteiger partial charge in [-0.05, 0) is 86.3 Å². The fourth-order valence-electron chi connectivity index (χ4n) is 9.00. The highest BCUT2D eigenvalue weighted by molar-refractivity contribution is 5.94. The number of esters is 4. The van der Waals surface area contributed by atoms with Crippen LogP contribution in [0, 0.1) is 23.7 Å². The van der Waals surface area contributed by atoms with E-state index in [0.717, 1.165) is 20.3 Å². The van der Waals surface area contributed by atoms with Crippen LogP contribution < -0.4 is 0 Å². The summed E-state index contributed by atoms with van der Waals surface area (Å²) in [6.07, 6.45) is -0.0303. The van der Waals surface area contributed by atoms with Crippen molar-refractivity contribution >= 4 is 47.5 Å². The van der Waals surface area contributed by atoms with E-state index in [1.165, 1.54) is 46.9 Å². The first-order valence-corrected chi connectivity index (χ1v) is 26.2. The highest BCUT2D eigenvalue weighted by atomic mass is 16.6. The van der Waals surface area contributed by atoms with Gasteiger partial charge in [-0.3, -0.25) is 19.2 Å². The lowest BCUT2D eigenvalue weighted by atomic mass is 10.00. The number of aromatic nitrogens is 2. The SMILES string of the molecule is CC(C)CC[C@H]1C(=O)O[C@H](Cc2ccc(Cn3ccnc3)cc2)C(=O)N(C)[C@@H](CC(C)C)C(=O)O[C@H](C)C(=O)N(C)[C@@H](CC(C)C)C(=O)O[C@H](Cc2ccccc2)C(=O)N(C)[C@@H](CC(C)C)C(=O)O[C@H](C)C(=O)N1C. The predicted octanol–water partition coefficient (Wildman–Crippen LogP) is 6.30. The van der Waals surface area contributed by atoms with Gasteiger partial charge in [-0.15, -0.1) is 0 Å². The van der Waals surface area contributed by atoms with E-state index in [-0.39, 0.29) is 62.2 Å². The molecule has 1 aliphatic heterocycles. The molecule has 75 heavy (non-hydrogen) atoms. The number of hydrogen-bond acceptors (Lipinski definition) is 13. The van der Waals surface area contributed by atoms with Crippen LogP contribution >= 0.6 is 0 Å². The number of nitrogens with zero attached hydrogens (tertiary/aromatic N) is 6. The highest BCUT2D eigenvalue weighted by Gasteiger charge is 2.43. The predicted molar refractivity (Wildman–Crippen MR) is 281 cm³/mol. The Hall–Kier alpha value is -6.59. The Kier molecular flexibility index (Phi) is 23.0. The summed E-state index contributed by atoms with van der Waals surface area (Å²) in [5.74, 6) is -6.98. The first-order chi connectivity index (χ1) is 35.3. The molecule has 2 heterocycles. The Morgan fingerprint density at radius 3 is 1.24 bits per heavy atom. The molecule has 2 aromatic carbocycles. The summed E-state index contributed by atoms with van der Waals surface area (Å²) in [6, 6.07) is 11.2. The molecule has 0 spiro atoms. The van der Waals surface area contributed by atoms with E-state index in [0.29, 0.717) is 24.1 Å². The van der Waals surface area contributed by atoms with Gasteiger partial charge in [-0.1, -0.05) is 110 Å². The molecule has 0 unspecified atom stereocenters. The van der Waals surface area contributed by atoms with Gasteiger partial charge in [0, 0.05) is 60.0 Å². The normalized spacial score (nSPS) is 24.0. The molecular formula is C57H82N6O12. The summed E-state index contributed by atoms with van der Waals surface area (Å²) in [7, 11) is 5.59. The fraction of sp³-hybridized carbons (Fsp3) is 0.596. The maximum atomic E-state index is 14.9. The van der Waals surface area contributed by atoms with Gasteiger partial charge >= 0.3 is 23.9 Å². The second-order valence-corrected chi connectivity index (χ2v) is 21.7.